The Morgan fingerprint density at radius 3 is 2.57 bits per heavy atom. The summed E-state index contributed by atoms with van der Waals surface area (Å²) in [4.78, 5) is 15.6. The number of nitriles is 1. The van der Waals surface area contributed by atoms with Crippen LogP contribution in [-0.2, 0) is 4.79 Å². The zero-order valence-electron chi connectivity index (χ0n) is 12.3. The van der Waals surface area contributed by atoms with Gasteiger partial charge < -0.3 is 4.90 Å². The van der Waals surface area contributed by atoms with Gasteiger partial charge in [-0.3, -0.25) is 9.69 Å². The van der Waals surface area contributed by atoms with Crippen molar-refractivity contribution in [2.75, 3.05) is 26.2 Å². The van der Waals surface area contributed by atoms with Gasteiger partial charge in [-0.15, -0.1) is 0 Å². The third-order valence-corrected chi connectivity index (χ3v) is 3.82. The van der Waals surface area contributed by atoms with Crippen LogP contribution in [0.3, 0.4) is 0 Å². The molecule has 1 saturated heterocycles. The van der Waals surface area contributed by atoms with Crippen LogP contribution in [0.15, 0.2) is 24.3 Å². The zero-order valence-corrected chi connectivity index (χ0v) is 12.3. The number of amides is 1. The van der Waals surface area contributed by atoms with Gasteiger partial charge in [0, 0.05) is 38.2 Å². The van der Waals surface area contributed by atoms with Gasteiger partial charge in [0.05, 0.1) is 6.07 Å². The Balaban J connectivity index is 2.02. The van der Waals surface area contributed by atoms with Gasteiger partial charge in [-0.2, -0.15) is 5.26 Å². The van der Waals surface area contributed by atoms with Crippen molar-refractivity contribution >= 4 is 5.91 Å². The van der Waals surface area contributed by atoms with Crippen molar-refractivity contribution in [3.8, 4) is 6.07 Å². The second kappa shape index (κ2) is 7.19. The highest BCUT2D eigenvalue weighted by Crippen LogP contribution is 2.24. The molecule has 0 bridgehead atoms. The van der Waals surface area contributed by atoms with Gasteiger partial charge in [-0.25, -0.2) is 4.39 Å². The van der Waals surface area contributed by atoms with Gasteiger partial charge in [-0.05, 0) is 12.5 Å². The molecule has 0 saturated carbocycles. The second-order valence-corrected chi connectivity index (χ2v) is 5.22. The van der Waals surface area contributed by atoms with Crippen LogP contribution in [-0.4, -0.2) is 41.9 Å². The molecule has 0 aromatic heterocycles. The van der Waals surface area contributed by atoms with Crippen molar-refractivity contribution in [3.05, 3.63) is 35.6 Å². The first-order chi connectivity index (χ1) is 10.2. The summed E-state index contributed by atoms with van der Waals surface area (Å²) in [6, 6.07) is 7.98. The third kappa shape index (κ3) is 3.59. The Hall–Kier alpha value is -1.93. The van der Waals surface area contributed by atoms with E-state index in [1.165, 1.54) is 6.07 Å². The maximum Gasteiger partial charge on any atom is 0.222 e. The third-order valence-electron chi connectivity index (χ3n) is 3.82. The summed E-state index contributed by atoms with van der Waals surface area (Å²) in [7, 11) is 0. The number of halogens is 1. The molecular weight excluding hydrogens is 269 g/mol. The molecule has 0 N–H and O–H groups in total. The molecule has 1 atom stereocenters. The minimum absolute atomic E-state index is 0.163. The Kier molecular flexibility index (Phi) is 5.29. The van der Waals surface area contributed by atoms with Gasteiger partial charge in [-0.1, -0.05) is 25.1 Å². The summed E-state index contributed by atoms with van der Waals surface area (Å²) < 4.78 is 13.8. The first kappa shape index (κ1) is 15.5. The number of benzene rings is 1. The molecule has 1 aliphatic heterocycles. The largest absolute Gasteiger partial charge is 0.340 e. The molecule has 5 heteroatoms. The summed E-state index contributed by atoms with van der Waals surface area (Å²) in [6.07, 6.45) is 1.41. The first-order valence-corrected chi connectivity index (χ1v) is 7.33. The van der Waals surface area contributed by atoms with Gasteiger partial charge in [0.1, 0.15) is 11.9 Å². The highest BCUT2D eigenvalue weighted by molar-refractivity contribution is 5.76. The summed E-state index contributed by atoms with van der Waals surface area (Å²) >= 11 is 0. The molecule has 1 aromatic carbocycles. The second-order valence-electron chi connectivity index (χ2n) is 5.22. The normalized spacial score (nSPS) is 17.3. The molecule has 1 amide bonds. The fourth-order valence-electron chi connectivity index (χ4n) is 2.65. The topological polar surface area (TPSA) is 47.3 Å². The lowest BCUT2D eigenvalue weighted by atomic mass is 10.0. The standard InChI is InChI=1S/C16H20FN3O/c1-2-5-16(21)20-10-8-19(9-11-20)15(12-18)13-6-3-4-7-14(13)17/h3-4,6-7,15H,2,5,8-11H2,1H3. The Bertz CT molecular complexity index is 533. The van der Waals surface area contributed by atoms with E-state index >= 15 is 0 Å². The molecule has 21 heavy (non-hydrogen) atoms. The highest BCUT2D eigenvalue weighted by atomic mass is 19.1. The van der Waals surface area contributed by atoms with E-state index in [2.05, 4.69) is 6.07 Å². The Labute approximate surface area is 124 Å². The minimum Gasteiger partial charge on any atom is -0.340 e. The summed E-state index contributed by atoms with van der Waals surface area (Å²) in [5, 5.41) is 9.38. The van der Waals surface area contributed by atoms with E-state index in [4.69, 9.17) is 0 Å². The van der Waals surface area contributed by atoms with E-state index in [9.17, 15) is 14.4 Å². The summed E-state index contributed by atoms with van der Waals surface area (Å²) in [6.45, 7) is 4.39. The van der Waals surface area contributed by atoms with Crippen LogP contribution in [0.25, 0.3) is 0 Å². The van der Waals surface area contributed by atoms with Crippen molar-refractivity contribution in [2.24, 2.45) is 0 Å². The van der Waals surface area contributed by atoms with E-state index in [1.807, 2.05) is 16.7 Å². The van der Waals surface area contributed by atoms with E-state index in [-0.39, 0.29) is 11.7 Å². The molecule has 4 nitrogen and oxygen atoms in total. The molecule has 1 aromatic rings. The lowest BCUT2D eigenvalue weighted by Crippen LogP contribution is -2.49. The molecule has 1 fully saturated rings. The lowest BCUT2D eigenvalue weighted by molar-refractivity contribution is -0.133. The molecule has 0 aliphatic carbocycles. The molecule has 1 aliphatic rings. The predicted octanol–water partition coefficient (Wildman–Crippen LogP) is 2.33. The lowest BCUT2D eigenvalue weighted by Gasteiger charge is -2.37. The minimum atomic E-state index is -0.588. The monoisotopic (exact) mass is 289 g/mol. The van der Waals surface area contributed by atoms with Crippen LogP contribution in [0.4, 0.5) is 4.39 Å². The summed E-state index contributed by atoms with van der Waals surface area (Å²) in [5.74, 6) is -0.190. The smallest absolute Gasteiger partial charge is 0.222 e. The van der Waals surface area contributed by atoms with Crippen LogP contribution < -0.4 is 0 Å². The Morgan fingerprint density at radius 2 is 2.00 bits per heavy atom. The SMILES string of the molecule is CCCC(=O)N1CCN(C(C#N)c2ccccc2F)CC1. The number of carbonyl (C=O) groups is 1. The molecular formula is C16H20FN3O. The van der Waals surface area contributed by atoms with Crippen molar-refractivity contribution in [1.82, 2.24) is 9.80 Å². The summed E-state index contributed by atoms with van der Waals surface area (Å²) in [5.41, 5.74) is 0.410. The fourth-order valence-corrected chi connectivity index (χ4v) is 2.65. The van der Waals surface area contributed by atoms with Crippen molar-refractivity contribution in [3.63, 3.8) is 0 Å². The van der Waals surface area contributed by atoms with Crippen LogP contribution in [0.2, 0.25) is 0 Å². The number of hydrogen-bond donors (Lipinski definition) is 0. The maximum absolute atomic E-state index is 13.8. The van der Waals surface area contributed by atoms with Crippen LogP contribution in [0, 0.1) is 17.1 Å². The van der Waals surface area contributed by atoms with Gasteiger partial charge in [0.2, 0.25) is 5.91 Å². The first-order valence-electron chi connectivity index (χ1n) is 7.33. The number of hydrogen-bond acceptors (Lipinski definition) is 3. The average molecular weight is 289 g/mol. The number of nitrogens with zero attached hydrogens (tertiary/aromatic N) is 3. The van der Waals surface area contributed by atoms with Crippen LogP contribution in [0.1, 0.15) is 31.4 Å². The molecule has 112 valence electrons. The predicted molar refractivity (Wildman–Crippen MR) is 77.8 cm³/mol. The fraction of sp³-hybridized carbons (Fsp3) is 0.500. The van der Waals surface area contributed by atoms with Crippen LogP contribution in [0.5, 0.6) is 0 Å². The molecule has 1 unspecified atom stereocenters. The van der Waals surface area contributed by atoms with Gasteiger partial charge in [0.15, 0.2) is 0 Å². The number of rotatable bonds is 4. The van der Waals surface area contributed by atoms with Gasteiger partial charge in [0.25, 0.3) is 0 Å². The van der Waals surface area contributed by atoms with E-state index < -0.39 is 6.04 Å². The maximum atomic E-state index is 13.8. The van der Waals surface area contributed by atoms with Crippen molar-refractivity contribution in [1.29, 1.82) is 5.26 Å². The van der Waals surface area contributed by atoms with Crippen molar-refractivity contribution in [2.45, 2.75) is 25.8 Å². The van der Waals surface area contributed by atoms with E-state index in [1.54, 1.807) is 18.2 Å². The number of carbonyl (C=O) groups excluding carboxylic acids is 1. The molecule has 2 rings (SSSR count). The highest BCUT2D eigenvalue weighted by Gasteiger charge is 2.27. The number of piperazine rings is 1. The van der Waals surface area contributed by atoms with Crippen LogP contribution >= 0.6 is 0 Å². The van der Waals surface area contributed by atoms with E-state index in [0.29, 0.717) is 38.2 Å². The molecule has 1 heterocycles. The van der Waals surface area contributed by atoms with E-state index in [0.717, 1.165) is 6.42 Å². The molecule has 0 radical (unpaired) electrons. The molecule has 0 spiro atoms. The quantitative estimate of drug-likeness (QED) is 0.854. The van der Waals surface area contributed by atoms with Crippen molar-refractivity contribution < 1.29 is 9.18 Å². The Morgan fingerprint density at radius 1 is 1.33 bits per heavy atom. The average Bonchev–Trinajstić information content (AvgIpc) is 2.51. The zero-order chi connectivity index (χ0) is 15.2. The van der Waals surface area contributed by atoms with Gasteiger partial charge >= 0.3 is 0 Å².